The van der Waals surface area contributed by atoms with Crippen molar-refractivity contribution in [3.8, 4) is 0 Å². The standard InChI is InChI=1S/C12H15F2NO3S2/c13-10-4-8(7-16)5-11(12(10)14)20(17,18)15-6-9-2-1-3-19-9/h4-5,9,15-16H,1-3,6-7H2. The van der Waals surface area contributed by atoms with Crippen LogP contribution in [-0.2, 0) is 16.6 Å². The van der Waals surface area contributed by atoms with Crippen LogP contribution in [0.4, 0.5) is 8.78 Å². The molecule has 0 aromatic heterocycles. The van der Waals surface area contributed by atoms with E-state index in [0.717, 1.165) is 30.7 Å². The van der Waals surface area contributed by atoms with Crippen molar-refractivity contribution >= 4 is 21.8 Å². The molecule has 0 aliphatic carbocycles. The van der Waals surface area contributed by atoms with Crippen molar-refractivity contribution in [1.82, 2.24) is 4.72 Å². The smallest absolute Gasteiger partial charge is 0.243 e. The Bertz CT molecular complexity index is 587. The van der Waals surface area contributed by atoms with Crippen LogP contribution < -0.4 is 4.72 Å². The molecule has 20 heavy (non-hydrogen) atoms. The third kappa shape index (κ3) is 3.49. The molecule has 1 heterocycles. The van der Waals surface area contributed by atoms with Gasteiger partial charge in [0.15, 0.2) is 11.6 Å². The van der Waals surface area contributed by atoms with Crippen molar-refractivity contribution in [2.45, 2.75) is 29.6 Å². The van der Waals surface area contributed by atoms with Crippen LogP contribution in [0.25, 0.3) is 0 Å². The van der Waals surface area contributed by atoms with E-state index in [1.807, 2.05) is 0 Å². The summed E-state index contributed by atoms with van der Waals surface area (Å²) in [4.78, 5) is -0.760. The summed E-state index contributed by atoms with van der Waals surface area (Å²) in [6.45, 7) is -0.365. The van der Waals surface area contributed by atoms with Crippen molar-refractivity contribution in [1.29, 1.82) is 0 Å². The van der Waals surface area contributed by atoms with E-state index in [0.29, 0.717) is 0 Å². The summed E-state index contributed by atoms with van der Waals surface area (Å²) >= 11 is 1.66. The van der Waals surface area contributed by atoms with Crippen LogP contribution in [-0.4, -0.2) is 31.1 Å². The predicted octanol–water partition coefficient (Wildman–Crippen LogP) is 1.63. The van der Waals surface area contributed by atoms with E-state index < -0.39 is 33.2 Å². The number of sulfonamides is 1. The summed E-state index contributed by atoms with van der Waals surface area (Å²) in [5, 5.41) is 9.10. The van der Waals surface area contributed by atoms with Crippen LogP contribution >= 0.6 is 11.8 Å². The van der Waals surface area contributed by atoms with Crippen LogP contribution in [0, 0.1) is 11.6 Å². The largest absolute Gasteiger partial charge is 0.392 e. The molecule has 0 radical (unpaired) electrons. The minimum atomic E-state index is -4.12. The van der Waals surface area contributed by atoms with Crippen molar-refractivity contribution in [2.24, 2.45) is 0 Å². The molecule has 0 spiro atoms. The lowest BCUT2D eigenvalue weighted by Gasteiger charge is -2.12. The van der Waals surface area contributed by atoms with Crippen LogP contribution in [0.2, 0.25) is 0 Å². The Balaban J connectivity index is 2.21. The molecule has 1 saturated heterocycles. The maximum atomic E-state index is 13.6. The highest BCUT2D eigenvalue weighted by Gasteiger charge is 2.25. The molecule has 112 valence electrons. The molecule has 1 aromatic carbocycles. The van der Waals surface area contributed by atoms with Gasteiger partial charge in [0.05, 0.1) is 6.61 Å². The first-order valence-corrected chi connectivity index (χ1v) is 8.67. The van der Waals surface area contributed by atoms with E-state index in [4.69, 9.17) is 5.11 Å². The van der Waals surface area contributed by atoms with Gasteiger partial charge < -0.3 is 5.11 Å². The first-order chi connectivity index (χ1) is 9.44. The fraction of sp³-hybridized carbons (Fsp3) is 0.500. The van der Waals surface area contributed by atoms with E-state index in [1.165, 1.54) is 0 Å². The fourth-order valence-corrected chi connectivity index (χ4v) is 4.51. The van der Waals surface area contributed by atoms with Gasteiger partial charge in [0.2, 0.25) is 10.0 Å². The highest BCUT2D eigenvalue weighted by atomic mass is 32.2. The second kappa shape index (κ2) is 6.38. The number of benzene rings is 1. The third-order valence-corrected chi connectivity index (χ3v) is 5.87. The molecule has 0 saturated carbocycles. The lowest BCUT2D eigenvalue weighted by Crippen LogP contribution is -2.30. The number of hydrogen-bond donors (Lipinski definition) is 2. The number of halogens is 2. The number of hydrogen-bond acceptors (Lipinski definition) is 4. The highest BCUT2D eigenvalue weighted by molar-refractivity contribution is 8.00. The maximum Gasteiger partial charge on any atom is 0.243 e. The molecule has 1 atom stereocenters. The normalized spacial score (nSPS) is 19.4. The lowest BCUT2D eigenvalue weighted by atomic mass is 10.2. The maximum absolute atomic E-state index is 13.6. The minimum Gasteiger partial charge on any atom is -0.392 e. The number of rotatable bonds is 5. The molecule has 2 rings (SSSR count). The van der Waals surface area contributed by atoms with Gasteiger partial charge in [-0.05, 0) is 36.3 Å². The zero-order chi connectivity index (χ0) is 14.8. The van der Waals surface area contributed by atoms with Crippen molar-refractivity contribution < 1.29 is 22.3 Å². The molecular weight excluding hydrogens is 308 g/mol. The molecule has 1 aromatic rings. The Morgan fingerprint density at radius 3 is 2.75 bits per heavy atom. The highest BCUT2D eigenvalue weighted by Crippen LogP contribution is 2.26. The molecule has 4 nitrogen and oxygen atoms in total. The zero-order valence-electron chi connectivity index (χ0n) is 10.6. The predicted molar refractivity (Wildman–Crippen MR) is 72.9 cm³/mol. The SMILES string of the molecule is O=S(=O)(NCC1CCCS1)c1cc(CO)cc(F)c1F. The van der Waals surface area contributed by atoms with E-state index in [9.17, 15) is 17.2 Å². The van der Waals surface area contributed by atoms with Crippen molar-refractivity contribution in [2.75, 3.05) is 12.3 Å². The molecule has 1 aliphatic rings. The van der Waals surface area contributed by atoms with Crippen molar-refractivity contribution in [3.05, 3.63) is 29.3 Å². The molecular formula is C12H15F2NO3S2. The monoisotopic (exact) mass is 323 g/mol. The van der Waals surface area contributed by atoms with E-state index in [-0.39, 0.29) is 17.4 Å². The minimum absolute atomic E-state index is 0.0134. The third-order valence-electron chi connectivity index (χ3n) is 3.05. The topological polar surface area (TPSA) is 66.4 Å². The summed E-state index contributed by atoms with van der Waals surface area (Å²) in [5.41, 5.74) is 0.0134. The molecule has 0 amide bonds. The molecule has 2 N–H and O–H groups in total. The number of aliphatic hydroxyl groups excluding tert-OH is 1. The summed E-state index contributed by atoms with van der Waals surface area (Å²) in [6, 6.07) is 1.73. The molecule has 0 bridgehead atoms. The molecule has 1 fully saturated rings. The summed E-state index contributed by atoms with van der Waals surface area (Å²) in [6.07, 6.45) is 1.93. The zero-order valence-corrected chi connectivity index (χ0v) is 12.2. The van der Waals surface area contributed by atoms with Gasteiger partial charge in [-0.1, -0.05) is 0 Å². The van der Waals surface area contributed by atoms with Crippen LogP contribution in [0.3, 0.4) is 0 Å². The van der Waals surface area contributed by atoms with Gasteiger partial charge in [0.1, 0.15) is 4.90 Å². The van der Waals surface area contributed by atoms with Gasteiger partial charge in [-0.15, -0.1) is 0 Å². The van der Waals surface area contributed by atoms with Crippen LogP contribution in [0.5, 0.6) is 0 Å². The Morgan fingerprint density at radius 2 is 2.15 bits per heavy atom. The number of aliphatic hydroxyl groups is 1. The Labute approximate surface area is 120 Å². The van der Waals surface area contributed by atoms with E-state index >= 15 is 0 Å². The summed E-state index contributed by atoms with van der Waals surface area (Å²) < 4.78 is 53.3. The first-order valence-electron chi connectivity index (χ1n) is 6.14. The Hall–Kier alpha value is -0.700. The van der Waals surface area contributed by atoms with Gasteiger partial charge >= 0.3 is 0 Å². The fourth-order valence-electron chi connectivity index (χ4n) is 1.99. The lowest BCUT2D eigenvalue weighted by molar-refractivity contribution is 0.280. The van der Waals surface area contributed by atoms with Crippen molar-refractivity contribution in [3.63, 3.8) is 0 Å². The Morgan fingerprint density at radius 1 is 1.40 bits per heavy atom. The molecule has 1 aliphatic heterocycles. The van der Waals surface area contributed by atoms with Gasteiger partial charge in [0.25, 0.3) is 0 Å². The second-order valence-electron chi connectivity index (χ2n) is 4.53. The van der Waals surface area contributed by atoms with Gasteiger partial charge in [-0.3, -0.25) is 0 Å². The van der Waals surface area contributed by atoms with E-state index in [2.05, 4.69) is 4.72 Å². The Kier molecular flexibility index (Phi) is 5.00. The average Bonchev–Trinajstić information content (AvgIpc) is 2.92. The van der Waals surface area contributed by atoms with Gasteiger partial charge in [-0.2, -0.15) is 11.8 Å². The second-order valence-corrected chi connectivity index (χ2v) is 7.68. The molecule has 8 heteroatoms. The first kappa shape index (κ1) is 15.7. The number of nitrogens with one attached hydrogen (secondary N) is 1. The molecule has 1 unspecified atom stereocenters. The summed E-state index contributed by atoms with van der Waals surface area (Å²) in [5.74, 6) is -1.73. The van der Waals surface area contributed by atoms with Crippen LogP contribution in [0.15, 0.2) is 17.0 Å². The summed E-state index contributed by atoms with van der Waals surface area (Å²) in [7, 11) is -4.12. The van der Waals surface area contributed by atoms with Crippen LogP contribution in [0.1, 0.15) is 18.4 Å². The van der Waals surface area contributed by atoms with Gasteiger partial charge in [-0.25, -0.2) is 21.9 Å². The van der Waals surface area contributed by atoms with Gasteiger partial charge in [0, 0.05) is 11.8 Å². The quantitative estimate of drug-likeness (QED) is 0.864. The number of thioether (sulfide) groups is 1. The average molecular weight is 323 g/mol. The van der Waals surface area contributed by atoms with E-state index in [1.54, 1.807) is 11.8 Å².